The summed E-state index contributed by atoms with van der Waals surface area (Å²) in [5.41, 5.74) is 2.94. The van der Waals surface area contributed by atoms with E-state index in [0.29, 0.717) is 17.0 Å². The van der Waals surface area contributed by atoms with Crippen molar-refractivity contribution in [3.63, 3.8) is 0 Å². The van der Waals surface area contributed by atoms with Gasteiger partial charge in [0.25, 0.3) is 5.91 Å². The number of anilines is 1. The maximum absolute atomic E-state index is 11.9. The Hall–Kier alpha value is -4.13. The van der Waals surface area contributed by atoms with Crippen LogP contribution in [0.15, 0.2) is 78.9 Å². The van der Waals surface area contributed by atoms with E-state index in [1.54, 1.807) is 24.3 Å². The number of nitrogens with one attached hydrogen (secondary N) is 1. The van der Waals surface area contributed by atoms with Crippen molar-refractivity contribution >= 4 is 23.5 Å². The van der Waals surface area contributed by atoms with Crippen molar-refractivity contribution in [3.05, 3.63) is 84.4 Å². The molecule has 0 aliphatic rings. The number of carbonyl (C=O) groups excluding carboxylic acids is 3. The van der Waals surface area contributed by atoms with Gasteiger partial charge in [-0.05, 0) is 47.5 Å². The van der Waals surface area contributed by atoms with Gasteiger partial charge in [0.05, 0.1) is 12.7 Å². The standard InChI is InChI=1S/C24H21NO6/c1-29-24(28)19-7-11-20(12-8-19)25-22(26)15-31-23(27)16-30-21-13-9-18(10-14-21)17-5-3-2-4-6-17/h2-14H,15-16H2,1H3,(H,25,26). The van der Waals surface area contributed by atoms with Crippen LogP contribution in [0.3, 0.4) is 0 Å². The van der Waals surface area contributed by atoms with E-state index in [2.05, 4.69) is 10.1 Å². The fourth-order valence-corrected chi connectivity index (χ4v) is 2.71. The zero-order chi connectivity index (χ0) is 22.1. The molecule has 0 bridgehead atoms. The van der Waals surface area contributed by atoms with Crippen LogP contribution in [0.5, 0.6) is 5.75 Å². The molecule has 0 heterocycles. The molecule has 0 aliphatic heterocycles. The highest BCUT2D eigenvalue weighted by atomic mass is 16.6. The normalized spacial score (nSPS) is 10.1. The zero-order valence-corrected chi connectivity index (χ0v) is 16.9. The molecule has 0 radical (unpaired) electrons. The van der Waals surface area contributed by atoms with Gasteiger partial charge < -0.3 is 19.5 Å². The van der Waals surface area contributed by atoms with Crippen LogP contribution in [0, 0.1) is 0 Å². The van der Waals surface area contributed by atoms with Crippen molar-refractivity contribution in [1.29, 1.82) is 0 Å². The first-order chi connectivity index (χ1) is 15.0. The van der Waals surface area contributed by atoms with Crippen LogP contribution < -0.4 is 10.1 Å². The minimum atomic E-state index is -0.664. The molecule has 158 valence electrons. The molecule has 0 unspecified atom stereocenters. The second kappa shape index (κ2) is 10.6. The molecule has 31 heavy (non-hydrogen) atoms. The third-order valence-electron chi connectivity index (χ3n) is 4.27. The number of amides is 1. The first-order valence-corrected chi connectivity index (χ1v) is 9.47. The minimum Gasteiger partial charge on any atom is -0.482 e. The Morgan fingerprint density at radius 2 is 1.42 bits per heavy atom. The highest BCUT2D eigenvalue weighted by Gasteiger charge is 2.10. The molecule has 0 fully saturated rings. The van der Waals surface area contributed by atoms with E-state index in [0.717, 1.165) is 11.1 Å². The van der Waals surface area contributed by atoms with Gasteiger partial charge in [-0.15, -0.1) is 0 Å². The molecule has 7 heteroatoms. The summed E-state index contributed by atoms with van der Waals surface area (Å²) in [6.45, 7) is -0.764. The van der Waals surface area contributed by atoms with Gasteiger partial charge in [-0.3, -0.25) is 4.79 Å². The summed E-state index contributed by atoms with van der Waals surface area (Å²) < 4.78 is 14.9. The maximum Gasteiger partial charge on any atom is 0.344 e. The first kappa shape index (κ1) is 21.6. The van der Waals surface area contributed by atoms with E-state index >= 15 is 0 Å². The van der Waals surface area contributed by atoms with Gasteiger partial charge in [0.15, 0.2) is 13.2 Å². The van der Waals surface area contributed by atoms with Crippen molar-refractivity contribution < 1.29 is 28.6 Å². The monoisotopic (exact) mass is 419 g/mol. The highest BCUT2D eigenvalue weighted by Crippen LogP contribution is 2.22. The lowest BCUT2D eigenvalue weighted by molar-refractivity contribution is -0.149. The van der Waals surface area contributed by atoms with E-state index in [4.69, 9.17) is 9.47 Å². The molecule has 0 aliphatic carbocycles. The maximum atomic E-state index is 11.9. The van der Waals surface area contributed by atoms with Crippen LogP contribution in [0.1, 0.15) is 10.4 Å². The number of esters is 2. The molecule has 0 spiro atoms. The Kier molecular flexibility index (Phi) is 7.37. The second-order valence-electron chi connectivity index (χ2n) is 6.46. The molecule has 3 aromatic carbocycles. The lowest BCUT2D eigenvalue weighted by atomic mass is 10.1. The van der Waals surface area contributed by atoms with Gasteiger partial charge in [-0.25, -0.2) is 9.59 Å². The van der Waals surface area contributed by atoms with Gasteiger partial charge in [0.1, 0.15) is 5.75 Å². The smallest absolute Gasteiger partial charge is 0.344 e. The second-order valence-corrected chi connectivity index (χ2v) is 6.46. The Morgan fingerprint density at radius 1 is 0.774 bits per heavy atom. The molecular formula is C24H21NO6. The van der Waals surface area contributed by atoms with Gasteiger partial charge >= 0.3 is 11.9 Å². The summed E-state index contributed by atoms with van der Waals surface area (Å²) in [7, 11) is 1.29. The van der Waals surface area contributed by atoms with Crippen LogP contribution in [0.2, 0.25) is 0 Å². The topological polar surface area (TPSA) is 90.9 Å². The predicted molar refractivity (Wildman–Crippen MR) is 115 cm³/mol. The number of rotatable bonds is 8. The van der Waals surface area contributed by atoms with Crippen molar-refractivity contribution in [2.24, 2.45) is 0 Å². The summed E-state index contributed by atoms with van der Waals surface area (Å²) in [6, 6.07) is 23.3. The predicted octanol–water partition coefficient (Wildman–Crippen LogP) is 3.70. The highest BCUT2D eigenvalue weighted by molar-refractivity contribution is 5.94. The first-order valence-electron chi connectivity index (χ1n) is 9.47. The Bertz CT molecular complexity index is 1030. The quantitative estimate of drug-likeness (QED) is 0.560. The third-order valence-corrected chi connectivity index (χ3v) is 4.27. The van der Waals surface area contributed by atoms with Crippen LogP contribution in [-0.2, 0) is 19.1 Å². The average Bonchev–Trinajstić information content (AvgIpc) is 2.82. The SMILES string of the molecule is COC(=O)c1ccc(NC(=O)COC(=O)COc2ccc(-c3ccccc3)cc2)cc1. The number of hydrogen-bond acceptors (Lipinski definition) is 6. The lowest BCUT2D eigenvalue weighted by Crippen LogP contribution is -2.23. The molecular weight excluding hydrogens is 398 g/mol. The molecule has 7 nitrogen and oxygen atoms in total. The average molecular weight is 419 g/mol. The van der Waals surface area contributed by atoms with Crippen molar-refractivity contribution in [1.82, 2.24) is 0 Å². The van der Waals surface area contributed by atoms with Gasteiger partial charge in [-0.2, -0.15) is 0 Å². The third kappa shape index (κ3) is 6.43. The Labute approximate surface area is 179 Å². The number of benzene rings is 3. The van der Waals surface area contributed by atoms with E-state index in [1.165, 1.54) is 19.2 Å². The zero-order valence-electron chi connectivity index (χ0n) is 16.9. The van der Waals surface area contributed by atoms with Crippen LogP contribution >= 0.6 is 0 Å². The molecule has 0 aromatic heterocycles. The van der Waals surface area contributed by atoms with Gasteiger partial charge in [0, 0.05) is 5.69 Å². The van der Waals surface area contributed by atoms with Gasteiger partial charge in [-0.1, -0.05) is 42.5 Å². The molecule has 1 N–H and O–H groups in total. The number of hydrogen-bond donors (Lipinski definition) is 1. The van der Waals surface area contributed by atoms with E-state index in [-0.39, 0.29) is 6.61 Å². The van der Waals surface area contributed by atoms with Gasteiger partial charge in [0.2, 0.25) is 0 Å². The molecule has 3 aromatic rings. The van der Waals surface area contributed by atoms with Crippen LogP contribution in [0.4, 0.5) is 5.69 Å². The van der Waals surface area contributed by atoms with Crippen LogP contribution in [-0.4, -0.2) is 38.2 Å². The Balaban J connectivity index is 1.40. The number of ether oxygens (including phenoxy) is 3. The summed E-state index contributed by atoms with van der Waals surface area (Å²) in [6.07, 6.45) is 0. The molecule has 0 saturated heterocycles. The van der Waals surface area contributed by atoms with E-state index in [1.807, 2.05) is 42.5 Å². The summed E-state index contributed by atoms with van der Waals surface area (Å²) in [4.78, 5) is 35.1. The summed E-state index contributed by atoms with van der Waals surface area (Å²) in [5, 5.41) is 2.57. The molecule has 3 rings (SSSR count). The largest absolute Gasteiger partial charge is 0.482 e. The summed E-state index contributed by atoms with van der Waals surface area (Å²) in [5.74, 6) is -1.12. The number of methoxy groups -OCH3 is 1. The minimum absolute atomic E-state index is 0.314. The summed E-state index contributed by atoms with van der Waals surface area (Å²) >= 11 is 0. The van der Waals surface area contributed by atoms with E-state index in [9.17, 15) is 14.4 Å². The van der Waals surface area contributed by atoms with E-state index < -0.39 is 24.5 Å². The van der Waals surface area contributed by atoms with Crippen molar-refractivity contribution in [2.75, 3.05) is 25.6 Å². The molecule has 0 atom stereocenters. The number of carbonyl (C=O) groups is 3. The fraction of sp³-hybridized carbons (Fsp3) is 0.125. The Morgan fingerprint density at radius 3 is 2.06 bits per heavy atom. The van der Waals surface area contributed by atoms with Crippen LogP contribution in [0.25, 0.3) is 11.1 Å². The lowest BCUT2D eigenvalue weighted by Gasteiger charge is -2.09. The molecule has 0 saturated carbocycles. The molecule has 1 amide bonds. The fourth-order valence-electron chi connectivity index (χ4n) is 2.71. The van der Waals surface area contributed by atoms with Crippen molar-refractivity contribution in [2.45, 2.75) is 0 Å². The van der Waals surface area contributed by atoms with Crippen molar-refractivity contribution in [3.8, 4) is 16.9 Å².